The van der Waals surface area contributed by atoms with Crippen LogP contribution in [-0.4, -0.2) is 86.8 Å². The molecule has 2 heterocycles. The lowest BCUT2D eigenvalue weighted by molar-refractivity contribution is -0.138. The van der Waals surface area contributed by atoms with Gasteiger partial charge in [-0.05, 0) is 35.9 Å². The molecule has 0 aromatic heterocycles. The minimum atomic E-state index is -4.20. The molecule has 13 heteroatoms. The zero-order valence-electron chi connectivity index (χ0n) is 21.3. The maximum Gasteiger partial charge on any atom is 0.390 e. The van der Waals surface area contributed by atoms with Crippen LogP contribution in [0.2, 0.25) is 5.02 Å². The summed E-state index contributed by atoms with van der Waals surface area (Å²) < 4.78 is 52.6. The van der Waals surface area contributed by atoms with E-state index in [0.29, 0.717) is 61.2 Å². The number of carbonyl (C=O) groups excluding carboxylic acids is 2. The van der Waals surface area contributed by atoms with E-state index >= 15 is 0 Å². The van der Waals surface area contributed by atoms with Crippen LogP contribution >= 0.6 is 11.6 Å². The summed E-state index contributed by atoms with van der Waals surface area (Å²) in [6.07, 6.45) is -5.06. The molecule has 0 atom stereocenters. The smallest absolute Gasteiger partial charge is 0.367 e. The normalized spacial score (nSPS) is 16.7. The molecule has 2 aromatic carbocycles. The molecule has 4 rings (SSSR count). The number of nitrogens with one attached hydrogen (secondary N) is 3. The average Bonchev–Trinajstić information content (AvgIpc) is 2.92. The van der Waals surface area contributed by atoms with Crippen molar-refractivity contribution < 1.29 is 27.2 Å². The van der Waals surface area contributed by atoms with Gasteiger partial charge in [0.25, 0.3) is 5.91 Å². The molecule has 3 N–H and O–H groups in total. The highest BCUT2D eigenvalue weighted by atomic mass is 35.5. The molecule has 2 aromatic rings. The fourth-order valence-corrected chi connectivity index (χ4v) is 4.74. The van der Waals surface area contributed by atoms with Crippen LogP contribution in [0.5, 0.6) is 0 Å². The number of urea groups is 1. The van der Waals surface area contributed by atoms with E-state index in [4.69, 9.17) is 11.6 Å². The molecule has 0 spiro atoms. The summed E-state index contributed by atoms with van der Waals surface area (Å²) in [7, 11) is 0. The number of anilines is 2. The summed E-state index contributed by atoms with van der Waals surface area (Å²) in [6, 6.07) is 8.82. The molecule has 2 saturated heterocycles. The number of piperazine rings is 2. The monoisotopic (exact) mass is 570 g/mol. The van der Waals surface area contributed by atoms with Gasteiger partial charge < -0.3 is 25.8 Å². The second-order valence-corrected chi connectivity index (χ2v) is 9.96. The third-order valence-electron chi connectivity index (χ3n) is 6.76. The van der Waals surface area contributed by atoms with Crippen molar-refractivity contribution in [2.75, 3.05) is 69.1 Å². The van der Waals surface area contributed by atoms with Crippen LogP contribution in [0.4, 0.5) is 33.7 Å². The number of carbonyl (C=O) groups is 2. The van der Waals surface area contributed by atoms with Gasteiger partial charge in [-0.2, -0.15) is 13.2 Å². The minimum absolute atomic E-state index is 0.0643. The van der Waals surface area contributed by atoms with Crippen LogP contribution in [0.15, 0.2) is 36.4 Å². The largest absolute Gasteiger partial charge is 0.390 e. The number of rotatable bonds is 7. The van der Waals surface area contributed by atoms with Crippen LogP contribution in [0.25, 0.3) is 0 Å². The lowest BCUT2D eigenvalue weighted by atomic mass is 10.1. The standard InChI is InChI=1S/C26H31ClF4N6O2/c27-19-2-4-22(23(16-19)36-13-11-35(12-14-36)8-5-26(29,30)31)34-24(38)20-3-1-18(15-21(20)28)17-33-25(39)37-9-6-32-7-10-37/h1-4,15-16,32H,5-14,17H2,(H,33,39)(H,34,38). The van der Waals surface area contributed by atoms with Crippen LogP contribution in [0.3, 0.4) is 0 Å². The van der Waals surface area contributed by atoms with E-state index in [2.05, 4.69) is 16.0 Å². The number of hydrogen-bond acceptors (Lipinski definition) is 5. The van der Waals surface area contributed by atoms with Crippen molar-refractivity contribution in [3.05, 3.63) is 58.4 Å². The summed E-state index contributed by atoms with van der Waals surface area (Å²) in [6.45, 7) is 4.45. The van der Waals surface area contributed by atoms with Crippen molar-refractivity contribution in [2.45, 2.75) is 19.1 Å². The van der Waals surface area contributed by atoms with Crippen LogP contribution in [-0.2, 0) is 6.54 Å². The van der Waals surface area contributed by atoms with Gasteiger partial charge in [0.2, 0.25) is 0 Å². The maximum absolute atomic E-state index is 14.9. The van der Waals surface area contributed by atoms with Gasteiger partial charge in [0.05, 0.1) is 23.4 Å². The summed E-state index contributed by atoms with van der Waals surface area (Å²) in [5.41, 5.74) is 1.38. The molecule has 2 aliphatic heterocycles. The van der Waals surface area contributed by atoms with Crippen LogP contribution in [0, 0.1) is 5.82 Å². The Bertz CT molecular complexity index is 1170. The lowest BCUT2D eigenvalue weighted by Crippen LogP contribution is -2.50. The number of halogens is 5. The molecule has 8 nitrogen and oxygen atoms in total. The molecule has 2 fully saturated rings. The second kappa shape index (κ2) is 12.8. The zero-order chi connectivity index (χ0) is 28.0. The molecule has 39 heavy (non-hydrogen) atoms. The van der Waals surface area contributed by atoms with Crippen molar-refractivity contribution in [3.8, 4) is 0 Å². The zero-order valence-corrected chi connectivity index (χ0v) is 22.0. The summed E-state index contributed by atoms with van der Waals surface area (Å²) in [5, 5.41) is 9.10. The number of hydrogen-bond donors (Lipinski definition) is 3. The van der Waals surface area contributed by atoms with Crippen molar-refractivity contribution in [1.82, 2.24) is 20.4 Å². The number of benzene rings is 2. The quantitative estimate of drug-likeness (QED) is 0.440. The molecule has 212 valence electrons. The van der Waals surface area contributed by atoms with Crippen molar-refractivity contribution in [3.63, 3.8) is 0 Å². The molecule has 2 aliphatic rings. The first-order valence-corrected chi connectivity index (χ1v) is 13.1. The highest BCUT2D eigenvalue weighted by Crippen LogP contribution is 2.31. The van der Waals surface area contributed by atoms with Crippen molar-refractivity contribution >= 4 is 34.9 Å². The van der Waals surface area contributed by atoms with E-state index in [-0.39, 0.29) is 24.7 Å². The highest BCUT2D eigenvalue weighted by Gasteiger charge is 2.29. The van der Waals surface area contributed by atoms with Gasteiger partial charge >= 0.3 is 12.2 Å². The Morgan fingerprint density at radius 1 is 0.974 bits per heavy atom. The van der Waals surface area contributed by atoms with Gasteiger partial charge in [-0.3, -0.25) is 9.69 Å². The molecular formula is C26H31ClF4N6O2. The number of alkyl halides is 3. The van der Waals surface area contributed by atoms with Gasteiger partial charge in [-0.15, -0.1) is 0 Å². The van der Waals surface area contributed by atoms with Crippen LogP contribution < -0.4 is 20.9 Å². The Balaban J connectivity index is 1.36. The summed E-state index contributed by atoms with van der Waals surface area (Å²) in [5.74, 6) is -1.38. The minimum Gasteiger partial charge on any atom is -0.367 e. The molecule has 3 amide bonds. The SMILES string of the molecule is O=C(Nc1ccc(Cl)cc1N1CCN(CCC(F)(F)F)CC1)c1ccc(CNC(=O)N2CCNCC2)cc1F. The average molecular weight is 571 g/mol. The van der Waals surface area contributed by atoms with Gasteiger partial charge in [-0.25, -0.2) is 9.18 Å². The lowest BCUT2D eigenvalue weighted by Gasteiger charge is -2.37. The Hall–Kier alpha value is -3.09. The molecule has 0 saturated carbocycles. The number of amides is 3. The van der Waals surface area contributed by atoms with Gasteiger partial charge in [0, 0.05) is 70.5 Å². The Morgan fingerprint density at radius 2 is 1.69 bits per heavy atom. The van der Waals surface area contributed by atoms with E-state index in [1.165, 1.54) is 12.1 Å². The van der Waals surface area contributed by atoms with E-state index < -0.39 is 24.3 Å². The van der Waals surface area contributed by atoms with Crippen molar-refractivity contribution in [1.29, 1.82) is 0 Å². The fourth-order valence-electron chi connectivity index (χ4n) is 4.57. The Kier molecular flexibility index (Phi) is 9.52. The van der Waals surface area contributed by atoms with Gasteiger partial charge in [0.1, 0.15) is 5.82 Å². The Labute approximate surface area is 229 Å². The summed E-state index contributed by atoms with van der Waals surface area (Å²) >= 11 is 6.19. The summed E-state index contributed by atoms with van der Waals surface area (Å²) in [4.78, 5) is 30.6. The first-order chi connectivity index (χ1) is 18.6. The van der Waals surface area contributed by atoms with Crippen LogP contribution in [0.1, 0.15) is 22.3 Å². The molecule has 0 unspecified atom stereocenters. The molecule has 0 bridgehead atoms. The highest BCUT2D eigenvalue weighted by molar-refractivity contribution is 6.31. The van der Waals surface area contributed by atoms with E-state index in [1.807, 2.05) is 4.90 Å². The predicted molar refractivity (Wildman–Crippen MR) is 142 cm³/mol. The maximum atomic E-state index is 14.9. The fraction of sp³-hybridized carbons (Fsp3) is 0.462. The molecule has 0 radical (unpaired) electrons. The number of nitrogens with zero attached hydrogens (tertiary/aromatic N) is 3. The second-order valence-electron chi connectivity index (χ2n) is 9.52. The van der Waals surface area contributed by atoms with E-state index in [0.717, 1.165) is 13.1 Å². The third kappa shape index (κ3) is 8.20. The first kappa shape index (κ1) is 28.9. The Morgan fingerprint density at radius 3 is 2.36 bits per heavy atom. The van der Waals surface area contributed by atoms with Crippen molar-refractivity contribution in [2.24, 2.45) is 0 Å². The van der Waals surface area contributed by atoms with E-state index in [1.54, 1.807) is 34.1 Å². The van der Waals surface area contributed by atoms with Gasteiger partial charge in [0.15, 0.2) is 0 Å². The first-order valence-electron chi connectivity index (χ1n) is 12.8. The topological polar surface area (TPSA) is 80.0 Å². The predicted octanol–water partition coefficient (Wildman–Crippen LogP) is 3.92. The molecular weight excluding hydrogens is 540 g/mol. The van der Waals surface area contributed by atoms with Gasteiger partial charge in [-0.1, -0.05) is 17.7 Å². The van der Waals surface area contributed by atoms with E-state index in [9.17, 15) is 27.2 Å². The third-order valence-corrected chi connectivity index (χ3v) is 6.99. The molecule has 0 aliphatic carbocycles.